The van der Waals surface area contributed by atoms with E-state index in [4.69, 9.17) is 0 Å². The summed E-state index contributed by atoms with van der Waals surface area (Å²) in [6, 6.07) is 2.55. The van der Waals surface area contributed by atoms with Crippen molar-refractivity contribution in [3.63, 3.8) is 0 Å². The third-order valence-electron chi connectivity index (χ3n) is 5.31. The van der Waals surface area contributed by atoms with E-state index in [1.54, 1.807) is 35.6 Å². The summed E-state index contributed by atoms with van der Waals surface area (Å²) in [5.74, 6) is 0.331. The summed E-state index contributed by atoms with van der Waals surface area (Å²) in [5, 5.41) is 6.55. The van der Waals surface area contributed by atoms with Gasteiger partial charge in [-0.15, -0.1) is 12.4 Å². The van der Waals surface area contributed by atoms with E-state index in [1.165, 1.54) is 0 Å². The molecule has 2 aromatic rings. The standard InChI is InChI=1S/C18H25N7O.ClH/c26-17(16-5-6-21-18(23-16)25-12-9-20-13-25)22-14-1-3-15(4-2-14)24-10-7-19-8-11-24;/h5-6,9,12-15,19H,1-4,7-8,10-11H2,(H,22,26);1H. The Kier molecular flexibility index (Phi) is 6.76. The number of nitrogens with one attached hydrogen (secondary N) is 2. The number of rotatable bonds is 4. The first-order chi connectivity index (χ1) is 12.8. The Morgan fingerprint density at radius 2 is 1.93 bits per heavy atom. The van der Waals surface area contributed by atoms with Gasteiger partial charge in [0.05, 0.1) is 0 Å². The summed E-state index contributed by atoms with van der Waals surface area (Å²) < 4.78 is 1.69. The molecule has 27 heavy (non-hydrogen) atoms. The highest BCUT2D eigenvalue weighted by molar-refractivity contribution is 5.92. The molecule has 0 radical (unpaired) electrons. The lowest BCUT2D eigenvalue weighted by molar-refractivity contribution is 0.0889. The van der Waals surface area contributed by atoms with E-state index in [0.717, 1.165) is 51.9 Å². The van der Waals surface area contributed by atoms with Crippen molar-refractivity contribution in [1.82, 2.24) is 35.1 Å². The van der Waals surface area contributed by atoms with Crippen LogP contribution in [0, 0.1) is 0 Å². The van der Waals surface area contributed by atoms with Gasteiger partial charge in [0.2, 0.25) is 5.95 Å². The Bertz CT molecular complexity index is 725. The summed E-state index contributed by atoms with van der Waals surface area (Å²) in [6.45, 7) is 4.45. The first kappa shape index (κ1) is 19.7. The fraction of sp³-hybridized carbons (Fsp3) is 0.556. The quantitative estimate of drug-likeness (QED) is 0.809. The molecule has 3 heterocycles. The second kappa shape index (κ2) is 9.25. The molecule has 2 fully saturated rings. The number of aromatic nitrogens is 4. The third kappa shape index (κ3) is 4.82. The van der Waals surface area contributed by atoms with Crippen molar-refractivity contribution in [2.24, 2.45) is 0 Å². The van der Waals surface area contributed by atoms with Gasteiger partial charge in [-0.2, -0.15) is 0 Å². The van der Waals surface area contributed by atoms with Gasteiger partial charge in [-0.05, 0) is 31.7 Å². The lowest BCUT2D eigenvalue weighted by Gasteiger charge is -2.39. The normalized spacial score (nSPS) is 23.4. The van der Waals surface area contributed by atoms with Crippen LogP contribution in [0.5, 0.6) is 0 Å². The van der Waals surface area contributed by atoms with Crippen LogP contribution in [-0.2, 0) is 0 Å². The van der Waals surface area contributed by atoms with E-state index in [9.17, 15) is 4.79 Å². The summed E-state index contributed by atoms with van der Waals surface area (Å²) >= 11 is 0. The summed E-state index contributed by atoms with van der Waals surface area (Å²) in [6.07, 6.45) is 11.0. The van der Waals surface area contributed by atoms with E-state index < -0.39 is 0 Å². The van der Waals surface area contributed by atoms with E-state index >= 15 is 0 Å². The van der Waals surface area contributed by atoms with Crippen molar-refractivity contribution in [3.05, 3.63) is 36.7 Å². The maximum Gasteiger partial charge on any atom is 0.270 e. The molecule has 9 heteroatoms. The Morgan fingerprint density at radius 1 is 1.15 bits per heavy atom. The third-order valence-corrected chi connectivity index (χ3v) is 5.31. The largest absolute Gasteiger partial charge is 0.348 e. The molecule has 1 amide bonds. The van der Waals surface area contributed by atoms with Crippen molar-refractivity contribution in [2.45, 2.75) is 37.8 Å². The van der Waals surface area contributed by atoms with Crippen LogP contribution in [0.25, 0.3) is 5.95 Å². The SMILES string of the molecule is Cl.O=C(NC1CCC(N2CCNCC2)CC1)c1ccnc(-n2ccnc2)n1. The van der Waals surface area contributed by atoms with Crippen LogP contribution in [0.15, 0.2) is 31.0 Å². The molecule has 1 aliphatic heterocycles. The van der Waals surface area contributed by atoms with Crippen molar-refractivity contribution in [2.75, 3.05) is 26.2 Å². The maximum absolute atomic E-state index is 12.6. The van der Waals surface area contributed by atoms with Gasteiger partial charge < -0.3 is 10.6 Å². The van der Waals surface area contributed by atoms with Crippen LogP contribution in [0.1, 0.15) is 36.2 Å². The molecule has 0 spiro atoms. The average Bonchev–Trinajstić information content (AvgIpc) is 3.24. The van der Waals surface area contributed by atoms with Crippen LogP contribution in [0.2, 0.25) is 0 Å². The minimum absolute atomic E-state index is 0. The van der Waals surface area contributed by atoms with Crippen LogP contribution in [-0.4, -0.2) is 68.6 Å². The molecule has 2 aromatic heterocycles. The van der Waals surface area contributed by atoms with Gasteiger partial charge >= 0.3 is 0 Å². The van der Waals surface area contributed by atoms with Gasteiger partial charge in [-0.25, -0.2) is 15.0 Å². The Labute approximate surface area is 165 Å². The van der Waals surface area contributed by atoms with Crippen LogP contribution < -0.4 is 10.6 Å². The monoisotopic (exact) mass is 391 g/mol. The first-order valence-electron chi connectivity index (χ1n) is 9.36. The van der Waals surface area contributed by atoms with E-state index in [0.29, 0.717) is 17.7 Å². The van der Waals surface area contributed by atoms with Gasteiger partial charge in [0, 0.05) is 56.9 Å². The van der Waals surface area contributed by atoms with Gasteiger partial charge in [0.25, 0.3) is 5.91 Å². The molecular formula is C18H26ClN7O. The molecule has 0 aromatic carbocycles. The highest BCUT2D eigenvalue weighted by Gasteiger charge is 2.27. The second-order valence-electron chi connectivity index (χ2n) is 6.98. The van der Waals surface area contributed by atoms with Crippen LogP contribution in [0.3, 0.4) is 0 Å². The van der Waals surface area contributed by atoms with Gasteiger partial charge in [0.15, 0.2) is 0 Å². The number of hydrogen-bond acceptors (Lipinski definition) is 6. The predicted molar refractivity (Wildman–Crippen MR) is 104 cm³/mol. The molecule has 2 N–H and O–H groups in total. The molecule has 0 atom stereocenters. The zero-order valence-electron chi connectivity index (χ0n) is 15.3. The van der Waals surface area contributed by atoms with Crippen molar-refractivity contribution in [1.29, 1.82) is 0 Å². The number of carbonyl (C=O) groups excluding carboxylic acids is 1. The summed E-state index contributed by atoms with van der Waals surface area (Å²) in [4.78, 5) is 27.7. The minimum Gasteiger partial charge on any atom is -0.348 e. The molecule has 0 bridgehead atoms. The smallest absolute Gasteiger partial charge is 0.270 e. The number of amides is 1. The molecule has 1 saturated heterocycles. The molecule has 146 valence electrons. The zero-order valence-corrected chi connectivity index (χ0v) is 16.1. The second-order valence-corrected chi connectivity index (χ2v) is 6.98. The molecule has 1 saturated carbocycles. The number of nitrogens with zero attached hydrogens (tertiary/aromatic N) is 5. The summed E-state index contributed by atoms with van der Waals surface area (Å²) in [5.41, 5.74) is 0.396. The van der Waals surface area contributed by atoms with E-state index in [2.05, 4.69) is 30.5 Å². The van der Waals surface area contributed by atoms with Crippen LogP contribution >= 0.6 is 12.4 Å². The van der Waals surface area contributed by atoms with Crippen molar-refractivity contribution in [3.8, 4) is 5.95 Å². The lowest BCUT2D eigenvalue weighted by Crippen LogP contribution is -2.50. The molecule has 8 nitrogen and oxygen atoms in total. The fourth-order valence-electron chi connectivity index (χ4n) is 3.87. The lowest BCUT2D eigenvalue weighted by atomic mass is 9.89. The highest BCUT2D eigenvalue weighted by atomic mass is 35.5. The average molecular weight is 392 g/mol. The minimum atomic E-state index is -0.126. The van der Waals surface area contributed by atoms with Gasteiger partial charge in [-0.1, -0.05) is 0 Å². The predicted octanol–water partition coefficient (Wildman–Crippen LogP) is 1.03. The Morgan fingerprint density at radius 3 is 2.63 bits per heavy atom. The van der Waals surface area contributed by atoms with Crippen molar-refractivity contribution < 1.29 is 4.79 Å². The van der Waals surface area contributed by atoms with Crippen molar-refractivity contribution >= 4 is 18.3 Å². The number of piperazine rings is 1. The molecule has 2 aliphatic rings. The van der Waals surface area contributed by atoms with Gasteiger partial charge in [0.1, 0.15) is 12.0 Å². The number of hydrogen-bond donors (Lipinski definition) is 2. The van der Waals surface area contributed by atoms with E-state index in [1.807, 2.05) is 0 Å². The zero-order chi connectivity index (χ0) is 17.8. The number of carbonyl (C=O) groups is 1. The molecule has 4 rings (SSSR count). The highest BCUT2D eigenvalue weighted by Crippen LogP contribution is 2.23. The topological polar surface area (TPSA) is 88.0 Å². The fourth-order valence-corrected chi connectivity index (χ4v) is 3.87. The van der Waals surface area contributed by atoms with Crippen LogP contribution in [0.4, 0.5) is 0 Å². The van der Waals surface area contributed by atoms with E-state index in [-0.39, 0.29) is 24.4 Å². The van der Waals surface area contributed by atoms with Gasteiger partial charge in [-0.3, -0.25) is 14.3 Å². The summed E-state index contributed by atoms with van der Waals surface area (Å²) in [7, 11) is 0. The molecular weight excluding hydrogens is 366 g/mol. The number of halogens is 1. The Balaban J connectivity index is 0.00000210. The first-order valence-corrected chi connectivity index (χ1v) is 9.36. The maximum atomic E-state index is 12.6. The molecule has 0 unspecified atom stereocenters. The Hall–Kier alpha value is -2.03. The molecule has 1 aliphatic carbocycles. The number of imidazole rings is 1.